The van der Waals surface area contributed by atoms with E-state index in [4.69, 9.17) is 9.47 Å². The van der Waals surface area contributed by atoms with Crippen molar-refractivity contribution in [3.8, 4) is 22.2 Å². The Morgan fingerprint density at radius 1 is 1.00 bits per heavy atom. The quantitative estimate of drug-likeness (QED) is 0.257. The van der Waals surface area contributed by atoms with E-state index in [1.807, 2.05) is 13.0 Å². The third-order valence-electron chi connectivity index (χ3n) is 5.51. The molecular formula is C27H23F3N2O4S. The number of alkyl halides is 3. The van der Waals surface area contributed by atoms with Crippen molar-refractivity contribution in [3.05, 3.63) is 95.1 Å². The van der Waals surface area contributed by atoms with Gasteiger partial charge >= 0.3 is 12.1 Å². The van der Waals surface area contributed by atoms with Gasteiger partial charge in [-0.3, -0.25) is 0 Å². The zero-order valence-electron chi connectivity index (χ0n) is 19.9. The first-order valence-corrected chi connectivity index (χ1v) is 12.1. The van der Waals surface area contributed by atoms with Crippen molar-refractivity contribution >= 4 is 17.3 Å². The lowest BCUT2D eigenvalue weighted by Gasteiger charge is -2.26. The summed E-state index contributed by atoms with van der Waals surface area (Å²) in [6, 6.07) is 20.1. The van der Waals surface area contributed by atoms with Crippen LogP contribution in [0.15, 0.2) is 79.0 Å². The number of nitrogens with zero attached hydrogens (tertiary/aromatic N) is 2. The Labute approximate surface area is 215 Å². The molecule has 0 amide bonds. The molecule has 0 bridgehead atoms. The van der Waals surface area contributed by atoms with E-state index in [1.165, 1.54) is 18.3 Å². The van der Waals surface area contributed by atoms with Crippen LogP contribution in [-0.2, 0) is 17.4 Å². The summed E-state index contributed by atoms with van der Waals surface area (Å²) < 4.78 is 50.7. The third-order valence-corrected chi connectivity index (χ3v) is 6.75. The number of aliphatic carboxylic acids is 1. The summed E-state index contributed by atoms with van der Waals surface area (Å²) in [4.78, 5) is 20.8. The predicted octanol–water partition coefficient (Wildman–Crippen LogP) is 6.83. The summed E-state index contributed by atoms with van der Waals surface area (Å²) in [5, 5.41) is 9.78. The van der Waals surface area contributed by atoms with Crippen LogP contribution < -0.4 is 9.47 Å². The van der Waals surface area contributed by atoms with Gasteiger partial charge in [-0.1, -0.05) is 30.3 Å². The average molecular weight is 529 g/mol. The zero-order valence-corrected chi connectivity index (χ0v) is 20.7. The van der Waals surface area contributed by atoms with E-state index >= 15 is 0 Å². The molecule has 192 valence electrons. The summed E-state index contributed by atoms with van der Waals surface area (Å²) >= 11 is 1.25. The molecule has 0 radical (unpaired) electrons. The van der Waals surface area contributed by atoms with Crippen molar-refractivity contribution in [1.29, 1.82) is 0 Å². The van der Waals surface area contributed by atoms with E-state index in [-0.39, 0.29) is 18.3 Å². The van der Waals surface area contributed by atoms with Crippen molar-refractivity contribution in [2.45, 2.75) is 38.1 Å². The van der Waals surface area contributed by atoms with E-state index < -0.39 is 23.4 Å². The summed E-state index contributed by atoms with van der Waals surface area (Å²) in [5.74, 6) is -0.0556. The van der Waals surface area contributed by atoms with Crippen molar-refractivity contribution in [1.82, 2.24) is 9.97 Å². The van der Waals surface area contributed by atoms with E-state index in [0.29, 0.717) is 16.4 Å². The summed E-state index contributed by atoms with van der Waals surface area (Å²) in [5.41, 5.74) is -1.71. The van der Waals surface area contributed by atoms with Gasteiger partial charge in [-0.15, -0.1) is 11.3 Å². The largest absolute Gasteiger partial charge is 0.485 e. The molecule has 0 fully saturated rings. The number of rotatable bonds is 9. The lowest BCUT2D eigenvalue weighted by molar-refractivity contribution is -0.153. The number of carboxylic acids is 1. The average Bonchev–Trinajstić information content (AvgIpc) is 3.36. The highest BCUT2D eigenvalue weighted by Gasteiger charge is 2.36. The molecule has 0 saturated carbocycles. The van der Waals surface area contributed by atoms with Crippen LogP contribution in [0.4, 0.5) is 13.2 Å². The van der Waals surface area contributed by atoms with Gasteiger partial charge in [0, 0.05) is 17.5 Å². The summed E-state index contributed by atoms with van der Waals surface area (Å²) in [6.07, 6.45) is -3.71. The van der Waals surface area contributed by atoms with Gasteiger partial charge in [-0.2, -0.15) is 13.2 Å². The molecule has 10 heteroatoms. The van der Waals surface area contributed by atoms with Gasteiger partial charge in [0.25, 0.3) is 0 Å². The topological polar surface area (TPSA) is 81.5 Å². The van der Waals surface area contributed by atoms with Crippen molar-refractivity contribution < 1.29 is 32.5 Å². The van der Waals surface area contributed by atoms with Gasteiger partial charge in [0.1, 0.15) is 23.3 Å². The Morgan fingerprint density at radius 3 is 2.35 bits per heavy atom. The molecule has 37 heavy (non-hydrogen) atoms. The minimum Gasteiger partial charge on any atom is -0.485 e. The minimum absolute atomic E-state index is 0.00169. The second-order valence-electron chi connectivity index (χ2n) is 8.50. The number of thiophene rings is 1. The molecule has 1 N–H and O–H groups in total. The first kappa shape index (κ1) is 26.2. The van der Waals surface area contributed by atoms with Crippen molar-refractivity contribution in [3.63, 3.8) is 0 Å². The van der Waals surface area contributed by atoms with Gasteiger partial charge in [0.2, 0.25) is 5.60 Å². The SMILES string of the molecule is CC(Oc1ccc(CC(C)(Oc2ccccc2)C(=O)O)cc1)c1ccc(-c2nccc(C(F)(F)F)n2)s1. The Morgan fingerprint density at radius 2 is 1.70 bits per heavy atom. The van der Waals surface area contributed by atoms with Crippen LogP contribution in [0.2, 0.25) is 0 Å². The van der Waals surface area contributed by atoms with Crippen molar-refractivity contribution in [2.75, 3.05) is 0 Å². The zero-order chi connectivity index (χ0) is 26.6. The lowest BCUT2D eigenvalue weighted by Crippen LogP contribution is -2.43. The van der Waals surface area contributed by atoms with E-state index in [2.05, 4.69) is 9.97 Å². The number of carboxylic acid groups (broad SMARTS) is 1. The maximum absolute atomic E-state index is 13.0. The normalized spacial score (nSPS) is 14.0. The summed E-state index contributed by atoms with van der Waals surface area (Å²) in [7, 11) is 0. The van der Waals surface area contributed by atoms with E-state index in [9.17, 15) is 23.1 Å². The molecule has 6 nitrogen and oxygen atoms in total. The van der Waals surface area contributed by atoms with Gasteiger partial charge in [-0.05, 0) is 61.9 Å². The van der Waals surface area contributed by atoms with Crippen LogP contribution in [0.25, 0.3) is 10.7 Å². The number of halogens is 3. The predicted molar refractivity (Wildman–Crippen MR) is 133 cm³/mol. The lowest BCUT2D eigenvalue weighted by atomic mass is 9.96. The molecule has 4 aromatic rings. The first-order chi connectivity index (χ1) is 17.5. The highest BCUT2D eigenvalue weighted by atomic mass is 32.1. The number of aromatic nitrogens is 2. The molecule has 2 unspecified atom stereocenters. The Balaban J connectivity index is 1.42. The molecule has 0 aliphatic rings. The first-order valence-electron chi connectivity index (χ1n) is 11.3. The Bertz CT molecular complexity index is 1360. The third kappa shape index (κ3) is 6.45. The van der Waals surface area contributed by atoms with Gasteiger partial charge in [-0.25, -0.2) is 14.8 Å². The van der Waals surface area contributed by atoms with Crippen LogP contribution >= 0.6 is 11.3 Å². The molecule has 0 spiro atoms. The highest BCUT2D eigenvalue weighted by Crippen LogP contribution is 2.34. The number of ether oxygens (including phenoxy) is 2. The monoisotopic (exact) mass is 528 g/mol. The molecule has 0 aliphatic heterocycles. The van der Waals surface area contributed by atoms with Crippen LogP contribution in [0.3, 0.4) is 0 Å². The molecule has 2 aromatic carbocycles. The Hall–Kier alpha value is -3.92. The van der Waals surface area contributed by atoms with Crippen LogP contribution in [-0.4, -0.2) is 26.6 Å². The molecule has 2 aromatic heterocycles. The van der Waals surface area contributed by atoms with Crippen LogP contribution in [0.1, 0.15) is 36.1 Å². The molecule has 4 rings (SSSR count). The highest BCUT2D eigenvalue weighted by molar-refractivity contribution is 7.15. The fourth-order valence-electron chi connectivity index (χ4n) is 3.57. The summed E-state index contributed by atoms with van der Waals surface area (Å²) in [6.45, 7) is 3.35. The maximum Gasteiger partial charge on any atom is 0.433 e. The van der Waals surface area contributed by atoms with Crippen LogP contribution in [0.5, 0.6) is 11.5 Å². The van der Waals surface area contributed by atoms with Gasteiger partial charge in [0.15, 0.2) is 5.82 Å². The van der Waals surface area contributed by atoms with Gasteiger partial charge < -0.3 is 14.6 Å². The second kappa shape index (κ2) is 10.6. The molecular weight excluding hydrogens is 505 g/mol. The molecule has 0 aliphatic carbocycles. The van der Waals surface area contributed by atoms with Gasteiger partial charge in [0.05, 0.1) is 4.88 Å². The number of para-hydroxylation sites is 1. The fourth-order valence-corrected chi connectivity index (χ4v) is 4.50. The van der Waals surface area contributed by atoms with E-state index in [0.717, 1.165) is 22.7 Å². The number of hydrogen-bond donors (Lipinski definition) is 1. The maximum atomic E-state index is 13.0. The molecule has 0 saturated heterocycles. The standard InChI is InChI=1S/C27H23F3N2O4S/c1-17(21-12-13-22(37-21)24-31-15-14-23(32-24)27(28,29)30)35-19-10-8-18(9-11-19)16-26(2,25(33)34)36-20-6-4-3-5-7-20/h3-15,17H,16H2,1-2H3,(H,33,34). The smallest absolute Gasteiger partial charge is 0.433 e. The number of benzene rings is 2. The number of carbonyl (C=O) groups is 1. The van der Waals surface area contributed by atoms with Crippen molar-refractivity contribution in [2.24, 2.45) is 0 Å². The minimum atomic E-state index is -4.55. The fraction of sp³-hybridized carbons (Fsp3) is 0.222. The van der Waals surface area contributed by atoms with E-state index in [1.54, 1.807) is 60.7 Å². The number of hydrogen-bond acceptors (Lipinski definition) is 6. The molecule has 2 atom stereocenters. The second-order valence-corrected chi connectivity index (χ2v) is 9.61. The molecule has 2 heterocycles. The Kier molecular flexibility index (Phi) is 7.49. The van der Waals surface area contributed by atoms with Crippen LogP contribution in [0, 0.1) is 0 Å².